The second kappa shape index (κ2) is 10.4. The van der Waals surface area contributed by atoms with Gasteiger partial charge in [-0.1, -0.05) is 23.2 Å². The number of halogens is 2. The van der Waals surface area contributed by atoms with Gasteiger partial charge < -0.3 is 30.9 Å². The molecule has 196 valence electrons. The molecule has 12 heteroatoms. The third-order valence-electron chi connectivity index (χ3n) is 7.63. The van der Waals surface area contributed by atoms with Crippen LogP contribution in [-0.4, -0.2) is 87.9 Å². The molecule has 2 heterocycles. The SMILES string of the molecule is C[C@H]1C(=O)N(CCCC(=O)N2CCC3(CC3)C(O)C2)C(C(N)=O)CN1C(=O)Nc1ccc(Cl)c(Cl)c1. The van der Waals surface area contributed by atoms with E-state index in [0.29, 0.717) is 30.2 Å². The number of anilines is 1. The van der Waals surface area contributed by atoms with Gasteiger partial charge in [0.2, 0.25) is 17.7 Å². The highest BCUT2D eigenvalue weighted by Crippen LogP contribution is 2.53. The van der Waals surface area contributed by atoms with Gasteiger partial charge in [0.1, 0.15) is 12.1 Å². The first-order valence-electron chi connectivity index (χ1n) is 12.1. The number of carbonyl (C=O) groups excluding carboxylic acids is 4. The number of urea groups is 1. The zero-order valence-corrected chi connectivity index (χ0v) is 21.6. The van der Waals surface area contributed by atoms with Gasteiger partial charge in [-0.15, -0.1) is 0 Å². The van der Waals surface area contributed by atoms with Crippen molar-refractivity contribution in [1.29, 1.82) is 0 Å². The Morgan fingerprint density at radius 2 is 1.89 bits per heavy atom. The predicted octanol–water partition coefficient (Wildman–Crippen LogP) is 2.07. The number of aliphatic hydroxyl groups is 1. The minimum Gasteiger partial charge on any atom is -0.391 e. The molecule has 0 bridgehead atoms. The van der Waals surface area contributed by atoms with Crippen molar-refractivity contribution in [2.24, 2.45) is 11.1 Å². The number of hydrogen-bond acceptors (Lipinski definition) is 5. The summed E-state index contributed by atoms with van der Waals surface area (Å²) >= 11 is 11.9. The average molecular weight is 540 g/mol. The molecule has 0 radical (unpaired) electrons. The van der Waals surface area contributed by atoms with Crippen molar-refractivity contribution >= 4 is 52.6 Å². The van der Waals surface area contributed by atoms with Crippen LogP contribution in [0.25, 0.3) is 0 Å². The van der Waals surface area contributed by atoms with E-state index in [9.17, 15) is 24.3 Å². The van der Waals surface area contributed by atoms with Crippen LogP contribution in [0.15, 0.2) is 18.2 Å². The number of amides is 5. The van der Waals surface area contributed by atoms with Gasteiger partial charge in [0, 0.05) is 31.7 Å². The normalized spacial score (nSPS) is 25.2. The average Bonchev–Trinajstić information content (AvgIpc) is 3.61. The molecule has 2 saturated heterocycles. The van der Waals surface area contributed by atoms with Crippen LogP contribution in [0.1, 0.15) is 39.0 Å². The smallest absolute Gasteiger partial charge is 0.322 e. The van der Waals surface area contributed by atoms with E-state index in [1.54, 1.807) is 17.9 Å². The summed E-state index contributed by atoms with van der Waals surface area (Å²) in [6.45, 7) is 2.62. The first-order valence-corrected chi connectivity index (χ1v) is 12.9. The summed E-state index contributed by atoms with van der Waals surface area (Å²) in [5, 5.41) is 13.6. The standard InChI is InChI=1S/C24H31Cl2N5O5/c1-14-22(35)30(9-2-3-20(33)29-10-8-24(6-7-24)19(32)13-29)18(21(27)34)12-31(14)23(36)28-15-4-5-16(25)17(26)11-15/h4-5,11,14,18-19,32H,2-3,6-10,12-13H2,1H3,(H2,27,34)(H,28,36)/t14-,18?,19?/m0/s1. The molecule has 2 unspecified atom stereocenters. The Bertz CT molecular complexity index is 1070. The van der Waals surface area contributed by atoms with Crippen LogP contribution >= 0.6 is 23.2 Å². The van der Waals surface area contributed by atoms with E-state index in [4.69, 9.17) is 28.9 Å². The second-order valence-corrected chi connectivity index (χ2v) is 10.7. The zero-order valence-electron chi connectivity index (χ0n) is 20.1. The van der Waals surface area contributed by atoms with Crippen LogP contribution in [0.2, 0.25) is 10.0 Å². The topological polar surface area (TPSA) is 136 Å². The summed E-state index contributed by atoms with van der Waals surface area (Å²) in [6, 6.07) is 2.16. The van der Waals surface area contributed by atoms with E-state index in [-0.39, 0.29) is 35.9 Å². The molecule has 3 atom stereocenters. The molecule has 36 heavy (non-hydrogen) atoms. The van der Waals surface area contributed by atoms with Crippen LogP contribution < -0.4 is 11.1 Å². The molecule has 1 saturated carbocycles. The Morgan fingerprint density at radius 1 is 1.17 bits per heavy atom. The summed E-state index contributed by atoms with van der Waals surface area (Å²) in [7, 11) is 0. The molecule has 2 aliphatic heterocycles. The molecule has 1 aliphatic carbocycles. The van der Waals surface area contributed by atoms with E-state index in [1.807, 2.05) is 0 Å². The van der Waals surface area contributed by atoms with Gasteiger partial charge in [0.05, 0.1) is 22.7 Å². The van der Waals surface area contributed by atoms with Gasteiger partial charge in [-0.25, -0.2) is 4.79 Å². The van der Waals surface area contributed by atoms with Crippen molar-refractivity contribution in [3.05, 3.63) is 28.2 Å². The Balaban J connectivity index is 1.34. The lowest BCUT2D eigenvalue weighted by molar-refractivity contribution is -0.148. The van der Waals surface area contributed by atoms with Crippen molar-refractivity contribution in [3.8, 4) is 0 Å². The van der Waals surface area contributed by atoms with Crippen LogP contribution in [0, 0.1) is 5.41 Å². The van der Waals surface area contributed by atoms with Gasteiger partial charge >= 0.3 is 6.03 Å². The fourth-order valence-corrected chi connectivity index (χ4v) is 5.35. The molecule has 1 aromatic rings. The largest absolute Gasteiger partial charge is 0.391 e. The van der Waals surface area contributed by atoms with Gasteiger partial charge in [0.15, 0.2) is 0 Å². The maximum absolute atomic E-state index is 13.1. The molecule has 5 amide bonds. The first kappa shape index (κ1) is 26.5. The molecule has 4 N–H and O–H groups in total. The van der Waals surface area contributed by atoms with Gasteiger partial charge in [-0.3, -0.25) is 14.4 Å². The summed E-state index contributed by atoms with van der Waals surface area (Å²) in [5.41, 5.74) is 5.99. The number of nitrogens with zero attached hydrogens (tertiary/aromatic N) is 3. The zero-order chi connectivity index (χ0) is 26.2. The van der Waals surface area contributed by atoms with Crippen molar-refractivity contribution < 1.29 is 24.3 Å². The van der Waals surface area contributed by atoms with Gasteiger partial charge in [0.25, 0.3) is 0 Å². The molecule has 1 spiro atoms. The summed E-state index contributed by atoms with van der Waals surface area (Å²) in [4.78, 5) is 55.2. The Kier molecular flexibility index (Phi) is 7.68. The number of rotatable bonds is 6. The molecule has 10 nitrogen and oxygen atoms in total. The summed E-state index contributed by atoms with van der Waals surface area (Å²) < 4.78 is 0. The predicted molar refractivity (Wildman–Crippen MR) is 134 cm³/mol. The van der Waals surface area contributed by atoms with E-state index < -0.39 is 36.0 Å². The number of primary amides is 1. The maximum Gasteiger partial charge on any atom is 0.322 e. The maximum atomic E-state index is 13.1. The van der Waals surface area contributed by atoms with Crippen molar-refractivity contribution in [2.75, 3.05) is 31.5 Å². The monoisotopic (exact) mass is 539 g/mol. The fourth-order valence-electron chi connectivity index (χ4n) is 5.05. The van der Waals surface area contributed by atoms with Crippen LogP contribution in [0.3, 0.4) is 0 Å². The Labute approximate surface area is 219 Å². The first-order chi connectivity index (χ1) is 17.0. The molecular formula is C24H31Cl2N5O5. The second-order valence-electron chi connectivity index (χ2n) is 9.91. The van der Waals surface area contributed by atoms with E-state index in [2.05, 4.69) is 5.32 Å². The third-order valence-corrected chi connectivity index (χ3v) is 8.37. The van der Waals surface area contributed by atoms with Gasteiger partial charge in [-0.2, -0.15) is 0 Å². The molecular weight excluding hydrogens is 509 g/mol. The highest BCUT2D eigenvalue weighted by atomic mass is 35.5. The molecule has 3 fully saturated rings. The summed E-state index contributed by atoms with van der Waals surface area (Å²) in [6.07, 6.45) is 2.88. The van der Waals surface area contributed by atoms with E-state index in [1.165, 1.54) is 21.9 Å². The molecule has 3 aliphatic rings. The van der Waals surface area contributed by atoms with E-state index in [0.717, 1.165) is 19.3 Å². The van der Waals surface area contributed by atoms with Crippen LogP contribution in [0.4, 0.5) is 10.5 Å². The Morgan fingerprint density at radius 3 is 2.50 bits per heavy atom. The number of β-amino-alcohol motifs (C(OH)–C–C–N with tert-alkyl or cyclic N) is 1. The quantitative estimate of drug-likeness (QED) is 0.508. The number of piperazine rings is 1. The number of nitrogens with two attached hydrogens (primary N) is 1. The number of carbonyl (C=O) groups is 4. The third kappa shape index (κ3) is 5.40. The highest BCUT2D eigenvalue weighted by Gasteiger charge is 2.51. The molecule has 0 aromatic heterocycles. The summed E-state index contributed by atoms with van der Waals surface area (Å²) in [5.74, 6) is -1.24. The van der Waals surface area contributed by atoms with Crippen molar-refractivity contribution in [3.63, 3.8) is 0 Å². The van der Waals surface area contributed by atoms with Gasteiger partial charge in [-0.05, 0) is 56.2 Å². The van der Waals surface area contributed by atoms with Crippen molar-refractivity contribution in [2.45, 2.75) is 57.2 Å². The lowest BCUT2D eigenvalue weighted by Gasteiger charge is -2.43. The Hall–Kier alpha value is -2.56. The van der Waals surface area contributed by atoms with Crippen molar-refractivity contribution in [1.82, 2.24) is 14.7 Å². The number of benzene rings is 1. The number of likely N-dealkylation sites (tertiary alicyclic amines) is 1. The lowest BCUT2D eigenvalue weighted by Crippen LogP contribution is -2.66. The number of piperidine rings is 1. The minimum absolute atomic E-state index is 0.0137. The number of hydrogen-bond donors (Lipinski definition) is 3. The lowest BCUT2D eigenvalue weighted by atomic mass is 9.90. The highest BCUT2D eigenvalue weighted by molar-refractivity contribution is 6.42. The molecule has 4 rings (SSSR count). The number of aliphatic hydroxyl groups excluding tert-OH is 1. The van der Waals surface area contributed by atoms with Crippen LogP contribution in [-0.2, 0) is 14.4 Å². The van der Waals surface area contributed by atoms with Crippen LogP contribution in [0.5, 0.6) is 0 Å². The van der Waals surface area contributed by atoms with E-state index >= 15 is 0 Å². The number of nitrogens with one attached hydrogen (secondary N) is 1. The molecule has 1 aromatic carbocycles. The minimum atomic E-state index is -1.02. The fraction of sp³-hybridized carbons (Fsp3) is 0.583.